The molecule has 0 saturated carbocycles. The van der Waals surface area contributed by atoms with Gasteiger partial charge in [-0.05, 0) is 60.3 Å². The Morgan fingerprint density at radius 1 is 1.03 bits per heavy atom. The number of halogens is 1. The van der Waals surface area contributed by atoms with Crippen molar-refractivity contribution >= 4 is 33.9 Å². The number of hydrogen-bond acceptors (Lipinski definition) is 5. The number of nitrogens with zero attached hydrogens (tertiary/aromatic N) is 3. The summed E-state index contributed by atoms with van der Waals surface area (Å²) in [6.45, 7) is 3.96. The molecule has 162 valence electrons. The Hall–Kier alpha value is -3.15. The highest BCUT2D eigenvalue weighted by Gasteiger charge is 2.23. The van der Waals surface area contributed by atoms with Gasteiger partial charge < -0.3 is 10.1 Å². The van der Waals surface area contributed by atoms with Gasteiger partial charge in [0, 0.05) is 30.6 Å². The summed E-state index contributed by atoms with van der Waals surface area (Å²) in [5.74, 6) is 2.23. The maximum Gasteiger partial charge on any atom is 0.138 e. The van der Waals surface area contributed by atoms with Gasteiger partial charge in [0.15, 0.2) is 0 Å². The molecule has 1 saturated heterocycles. The van der Waals surface area contributed by atoms with Gasteiger partial charge >= 0.3 is 0 Å². The van der Waals surface area contributed by atoms with Crippen molar-refractivity contribution in [3.05, 3.63) is 89.8 Å². The van der Waals surface area contributed by atoms with Crippen molar-refractivity contribution in [2.75, 3.05) is 25.0 Å². The molecule has 0 spiro atoms. The Morgan fingerprint density at radius 2 is 1.94 bits per heavy atom. The highest BCUT2D eigenvalue weighted by molar-refractivity contribution is 6.29. The number of hydrogen-bond donors (Lipinski definition) is 1. The summed E-state index contributed by atoms with van der Waals surface area (Å²) in [4.78, 5) is 11.1. The molecule has 2 aromatic carbocycles. The highest BCUT2D eigenvalue weighted by atomic mass is 35.5. The molecule has 0 aliphatic carbocycles. The first-order chi connectivity index (χ1) is 15.7. The maximum absolute atomic E-state index is 6.18. The number of pyridine rings is 2. The summed E-state index contributed by atoms with van der Waals surface area (Å²) in [5, 5.41) is 5.90. The van der Waals surface area contributed by atoms with E-state index in [1.807, 2.05) is 18.2 Å². The smallest absolute Gasteiger partial charge is 0.138 e. The van der Waals surface area contributed by atoms with E-state index in [9.17, 15) is 0 Å². The molecule has 1 N–H and O–H groups in total. The SMILES string of the molecule is Clc1ccc(Nc2nccc3cc(OC[C@@H]4CCN(Cc5ccccc5)C4)ccc23)cn1. The zero-order valence-electron chi connectivity index (χ0n) is 17.7. The third kappa shape index (κ3) is 5.01. The minimum absolute atomic E-state index is 0.466. The number of rotatable bonds is 7. The molecular weight excluding hydrogens is 420 g/mol. The van der Waals surface area contributed by atoms with Gasteiger partial charge in [0.25, 0.3) is 0 Å². The Balaban J connectivity index is 1.20. The Morgan fingerprint density at radius 3 is 2.78 bits per heavy atom. The standard InChI is InChI=1S/C26H25ClN4O/c27-25-9-6-22(15-29-25)30-26-24-8-7-23(14-21(24)10-12-28-26)32-18-20-11-13-31(17-20)16-19-4-2-1-3-5-19/h1-10,12,14-15,20H,11,13,16-18H2,(H,28,30)/t20-/m1/s1. The van der Waals surface area contributed by atoms with Crippen LogP contribution in [-0.2, 0) is 6.54 Å². The molecule has 4 aromatic rings. The summed E-state index contributed by atoms with van der Waals surface area (Å²) in [6, 6.07) is 22.5. The molecular formula is C26H25ClN4O. The zero-order valence-corrected chi connectivity index (χ0v) is 18.5. The molecule has 1 aliphatic heterocycles. The summed E-state index contributed by atoms with van der Waals surface area (Å²) >= 11 is 5.88. The molecule has 0 bridgehead atoms. The first-order valence-electron chi connectivity index (χ1n) is 10.9. The van der Waals surface area contributed by atoms with Gasteiger partial charge in [-0.15, -0.1) is 0 Å². The average molecular weight is 445 g/mol. The first-order valence-corrected chi connectivity index (χ1v) is 11.3. The lowest BCUT2D eigenvalue weighted by Crippen LogP contribution is -2.22. The fourth-order valence-corrected chi connectivity index (χ4v) is 4.29. The van der Waals surface area contributed by atoms with Crippen molar-refractivity contribution in [2.24, 2.45) is 5.92 Å². The second-order valence-corrected chi connectivity index (χ2v) is 8.61. The van der Waals surface area contributed by atoms with Gasteiger partial charge in [0.1, 0.15) is 16.7 Å². The molecule has 0 unspecified atom stereocenters. The zero-order chi connectivity index (χ0) is 21.8. The second kappa shape index (κ2) is 9.55. The van der Waals surface area contributed by atoms with Gasteiger partial charge in [0.05, 0.1) is 18.5 Å². The number of anilines is 2. The summed E-state index contributed by atoms with van der Waals surface area (Å²) < 4.78 is 6.18. The van der Waals surface area contributed by atoms with Gasteiger partial charge in [-0.2, -0.15) is 0 Å². The van der Waals surface area contributed by atoms with Crippen molar-refractivity contribution in [3.8, 4) is 5.75 Å². The number of benzene rings is 2. The van der Waals surface area contributed by atoms with Gasteiger partial charge in [-0.3, -0.25) is 4.90 Å². The molecule has 1 fully saturated rings. The number of nitrogens with one attached hydrogen (secondary N) is 1. The molecule has 3 heterocycles. The summed E-state index contributed by atoms with van der Waals surface area (Å²) in [5.41, 5.74) is 2.21. The van der Waals surface area contributed by atoms with Crippen LogP contribution in [0.2, 0.25) is 5.15 Å². The van der Waals surface area contributed by atoms with Crippen LogP contribution in [0, 0.1) is 5.92 Å². The molecule has 6 heteroatoms. The quantitative estimate of drug-likeness (QED) is 0.358. The van der Waals surface area contributed by atoms with Gasteiger partial charge in [0.2, 0.25) is 0 Å². The minimum atomic E-state index is 0.466. The van der Waals surface area contributed by atoms with Crippen LogP contribution in [-0.4, -0.2) is 34.6 Å². The lowest BCUT2D eigenvalue weighted by Gasteiger charge is -2.16. The largest absolute Gasteiger partial charge is 0.493 e. The molecule has 1 aliphatic rings. The number of fused-ring (bicyclic) bond motifs is 1. The van der Waals surface area contributed by atoms with Crippen LogP contribution in [0.5, 0.6) is 5.75 Å². The van der Waals surface area contributed by atoms with Crippen LogP contribution in [0.1, 0.15) is 12.0 Å². The normalized spacial score (nSPS) is 16.3. The van der Waals surface area contributed by atoms with E-state index in [1.54, 1.807) is 18.5 Å². The van der Waals surface area contributed by atoms with Crippen molar-refractivity contribution < 1.29 is 4.74 Å². The molecule has 1 atom stereocenters. The maximum atomic E-state index is 6.18. The number of ether oxygens (including phenoxy) is 1. The van der Waals surface area contributed by atoms with Crippen LogP contribution >= 0.6 is 11.6 Å². The molecule has 32 heavy (non-hydrogen) atoms. The fourth-order valence-electron chi connectivity index (χ4n) is 4.18. The lowest BCUT2D eigenvalue weighted by atomic mass is 10.1. The van der Waals surface area contributed by atoms with Crippen LogP contribution in [0.25, 0.3) is 10.8 Å². The topological polar surface area (TPSA) is 50.3 Å². The number of aromatic nitrogens is 2. The molecule has 0 amide bonds. The van der Waals surface area contributed by atoms with E-state index in [2.05, 4.69) is 62.6 Å². The van der Waals surface area contributed by atoms with Gasteiger partial charge in [-0.1, -0.05) is 41.9 Å². The Kier molecular flexibility index (Phi) is 6.19. The van der Waals surface area contributed by atoms with Gasteiger partial charge in [-0.25, -0.2) is 9.97 Å². The van der Waals surface area contributed by atoms with Crippen LogP contribution < -0.4 is 10.1 Å². The van der Waals surface area contributed by atoms with E-state index in [-0.39, 0.29) is 0 Å². The van der Waals surface area contributed by atoms with E-state index < -0.39 is 0 Å². The van der Waals surface area contributed by atoms with Crippen molar-refractivity contribution in [3.63, 3.8) is 0 Å². The van der Waals surface area contributed by atoms with E-state index in [4.69, 9.17) is 16.3 Å². The molecule has 5 rings (SSSR count). The fraction of sp³-hybridized carbons (Fsp3) is 0.231. The van der Waals surface area contributed by atoms with E-state index in [1.165, 1.54) is 12.0 Å². The molecule has 2 aromatic heterocycles. The third-order valence-corrected chi connectivity index (χ3v) is 6.05. The molecule has 0 radical (unpaired) electrons. The first kappa shape index (κ1) is 20.7. The predicted molar refractivity (Wildman–Crippen MR) is 130 cm³/mol. The second-order valence-electron chi connectivity index (χ2n) is 8.22. The van der Waals surface area contributed by atoms with Crippen molar-refractivity contribution in [2.45, 2.75) is 13.0 Å². The number of likely N-dealkylation sites (tertiary alicyclic amines) is 1. The van der Waals surface area contributed by atoms with E-state index in [0.717, 1.165) is 54.3 Å². The predicted octanol–water partition coefficient (Wildman–Crippen LogP) is 5.93. The van der Waals surface area contributed by atoms with Crippen LogP contribution in [0.3, 0.4) is 0 Å². The van der Waals surface area contributed by atoms with Crippen LogP contribution in [0.15, 0.2) is 79.1 Å². The minimum Gasteiger partial charge on any atom is -0.493 e. The van der Waals surface area contributed by atoms with Crippen molar-refractivity contribution in [1.29, 1.82) is 0 Å². The monoisotopic (exact) mass is 444 g/mol. The van der Waals surface area contributed by atoms with Crippen LogP contribution in [0.4, 0.5) is 11.5 Å². The average Bonchev–Trinajstić information content (AvgIpc) is 3.27. The summed E-state index contributed by atoms with van der Waals surface area (Å²) in [7, 11) is 0. The summed E-state index contributed by atoms with van der Waals surface area (Å²) in [6.07, 6.45) is 4.67. The Bertz CT molecular complexity index is 1180. The lowest BCUT2D eigenvalue weighted by molar-refractivity contribution is 0.239. The van der Waals surface area contributed by atoms with E-state index >= 15 is 0 Å². The molecule has 5 nitrogen and oxygen atoms in total. The Labute approximate surface area is 193 Å². The highest BCUT2D eigenvalue weighted by Crippen LogP contribution is 2.28. The van der Waals surface area contributed by atoms with E-state index in [0.29, 0.717) is 11.1 Å². The third-order valence-electron chi connectivity index (χ3n) is 5.83. The van der Waals surface area contributed by atoms with Crippen molar-refractivity contribution in [1.82, 2.24) is 14.9 Å².